The maximum atomic E-state index is 12.4. The molecular formula is C16H17N5O. The average Bonchev–Trinajstić information content (AvgIpc) is 3.09. The number of tetrazole rings is 1. The molecule has 112 valence electrons. The quantitative estimate of drug-likeness (QED) is 0.692. The molecule has 3 aromatic rings. The van der Waals surface area contributed by atoms with E-state index in [1.807, 2.05) is 61.9 Å². The zero-order chi connectivity index (χ0) is 15.7. The van der Waals surface area contributed by atoms with Gasteiger partial charge in [-0.1, -0.05) is 30.3 Å². The maximum absolute atomic E-state index is 12.4. The minimum Gasteiger partial charge on any atom is -0.351 e. The Balaban J connectivity index is 1.80. The number of hydrogen-bond acceptors (Lipinski definition) is 4. The number of Topliss-reactive ketones (excluding diaryl/α,β-unsaturated/α-hetero) is 1. The molecule has 0 atom stereocenters. The van der Waals surface area contributed by atoms with Crippen LogP contribution in [0.5, 0.6) is 0 Å². The van der Waals surface area contributed by atoms with Gasteiger partial charge >= 0.3 is 0 Å². The van der Waals surface area contributed by atoms with E-state index in [9.17, 15) is 4.79 Å². The molecule has 0 N–H and O–H groups in total. The number of carbonyl (C=O) groups excluding carboxylic acids is 1. The zero-order valence-corrected chi connectivity index (χ0v) is 12.8. The van der Waals surface area contributed by atoms with Crippen molar-refractivity contribution in [2.75, 3.05) is 0 Å². The Bertz CT molecular complexity index is 816. The highest BCUT2D eigenvalue weighted by Crippen LogP contribution is 2.15. The summed E-state index contributed by atoms with van der Waals surface area (Å²) in [5.74, 6) is 0.507. The molecule has 0 radical (unpaired) electrons. The molecule has 0 aliphatic carbocycles. The average molecular weight is 295 g/mol. The molecule has 0 fully saturated rings. The van der Waals surface area contributed by atoms with Crippen molar-refractivity contribution in [3.63, 3.8) is 0 Å². The van der Waals surface area contributed by atoms with Gasteiger partial charge in [-0.2, -0.15) is 4.80 Å². The number of aryl methyl sites for hydroxylation is 1. The van der Waals surface area contributed by atoms with Gasteiger partial charge in [-0.05, 0) is 25.1 Å². The summed E-state index contributed by atoms with van der Waals surface area (Å²) in [6.45, 7) is 4.00. The van der Waals surface area contributed by atoms with Gasteiger partial charge in [0, 0.05) is 29.6 Å². The molecule has 0 spiro atoms. The van der Waals surface area contributed by atoms with Crippen LogP contribution in [0.3, 0.4) is 0 Å². The molecule has 2 heterocycles. The van der Waals surface area contributed by atoms with Crippen LogP contribution < -0.4 is 0 Å². The van der Waals surface area contributed by atoms with Crippen LogP contribution in [-0.2, 0) is 13.6 Å². The normalized spacial score (nSPS) is 10.9. The molecule has 2 aromatic heterocycles. The van der Waals surface area contributed by atoms with Gasteiger partial charge < -0.3 is 4.57 Å². The number of hydrogen-bond donors (Lipinski definition) is 0. The third-order valence-corrected chi connectivity index (χ3v) is 3.85. The van der Waals surface area contributed by atoms with Crippen LogP contribution in [0.15, 0.2) is 36.4 Å². The fraction of sp³-hybridized carbons (Fsp3) is 0.250. The summed E-state index contributed by atoms with van der Waals surface area (Å²) in [6, 6.07) is 11.5. The second-order valence-electron chi connectivity index (χ2n) is 5.28. The van der Waals surface area contributed by atoms with E-state index in [2.05, 4.69) is 15.4 Å². The number of benzene rings is 1. The minimum atomic E-state index is -0.0155. The van der Waals surface area contributed by atoms with Crippen molar-refractivity contribution >= 4 is 5.78 Å². The predicted octanol–water partition coefficient (Wildman–Crippen LogP) is 2.18. The van der Waals surface area contributed by atoms with Crippen LogP contribution >= 0.6 is 0 Å². The van der Waals surface area contributed by atoms with Gasteiger partial charge in [-0.15, -0.1) is 10.2 Å². The van der Waals surface area contributed by atoms with E-state index >= 15 is 0 Å². The van der Waals surface area contributed by atoms with E-state index in [1.54, 1.807) is 0 Å². The first-order chi connectivity index (χ1) is 10.6. The topological polar surface area (TPSA) is 65.6 Å². The fourth-order valence-corrected chi connectivity index (χ4v) is 2.36. The Hall–Kier alpha value is -2.76. The fourth-order valence-electron chi connectivity index (χ4n) is 2.36. The maximum Gasteiger partial charge on any atom is 0.204 e. The van der Waals surface area contributed by atoms with Crippen molar-refractivity contribution in [2.45, 2.75) is 20.4 Å². The first kappa shape index (κ1) is 14.2. The number of aromatic nitrogens is 5. The molecule has 0 saturated heterocycles. The third kappa shape index (κ3) is 2.55. The van der Waals surface area contributed by atoms with Crippen LogP contribution in [0.25, 0.3) is 11.4 Å². The van der Waals surface area contributed by atoms with Crippen molar-refractivity contribution < 1.29 is 4.79 Å². The van der Waals surface area contributed by atoms with Crippen LogP contribution in [-0.4, -0.2) is 30.6 Å². The van der Waals surface area contributed by atoms with E-state index in [0.29, 0.717) is 11.4 Å². The molecule has 0 aliphatic rings. The van der Waals surface area contributed by atoms with Crippen molar-refractivity contribution in [2.24, 2.45) is 7.05 Å². The number of carbonyl (C=O) groups is 1. The largest absolute Gasteiger partial charge is 0.351 e. The van der Waals surface area contributed by atoms with Gasteiger partial charge in [0.05, 0.1) is 0 Å². The number of ketones is 1. The van der Waals surface area contributed by atoms with Gasteiger partial charge in [-0.3, -0.25) is 4.79 Å². The molecule has 22 heavy (non-hydrogen) atoms. The van der Waals surface area contributed by atoms with Crippen LogP contribution in [0, 0.1) is 13.8 Å². The van der Waals surface area contributed by atoms with Crippen molar-refractivity contribution in [3.8, 4) is 11.4 Å². The van der Waals surface area contributed by atoms with E-state index in [-0.39, 0.29) is 12.3 Å². The number of rotatable bonds is 4. The van der Waals surface area contributed by atoms with Gasteiger partial charge in [-0.25, -0.2) is 0 Å². The van der Waals surface area contributed by atoms with Crippen molar-refractivity contribution in [3.05, 3.63) is 53.3 Å². The van der Waals surface area contributed by atoms with Crippen molar-refractivity contribution in [1.82, 2.24) is 24.8 Å². The monoisotopic (exact) mass is 295 g/mol. The Labute approximate surface area is 128 Å². The number of nitrogens with zero attached hydrogens (tertiary/aromatic N) is 5. The van der Waals surface area contributed by atoms with Gasteiger partial charge in [0.25, 0.3) is 0 Å². The first-order valence-corrected chi connectivity index (χ1v) is 7.05. The molecule has 3 rings (SSSR count). The van der Waals surface area contributed by atoms with Gasteiger partial charge in [0.1, 0.15) is 6.54 Å². The van der Waals surface area contributed by atoms with E-state index in [0.717, 1.165) is 17.0 Å². The standard InChI is InChI=1S/C16H17N5O/c1-11-9-14(12(2)20(11)3)15(22)10-21-18-16(17-19-21)13-7-5-4-6-8-13/h4-9H,10H2,1-3H3. The van der Waals surface area contributed by atoms with Gasteiger partial charge in [0.2, 0.25) is 5.82 Å². The summed E-state index contributed by atoms with van der Waals surface area (Å²) in [5.41, 5.74) is 3.59. The summed E-state index contributed by atoms with van der Waals surface area (Å²) in [4.78, 5) is 13.7. The lowest BCUT2D eigenvalue weighted by Gasteiger charge is -2.01. The molecule has 0 saturated carbocycles. The summed E-state index contributed by atoms with van der Waals surface area (Å²) < 4.78 is 2.00. The molecular weight excluding hydrogens is 278 g/mol. The summed E-state index contributed by atoms with van der Waals surface area (Å²) >= 11 is 0. The lowest BCUT2D eigenvalue weighted by molar-refractivity contribution is 0.0960. The molecule has 6 heteroatoms. The second kappa shape index (κ2) is 5.55. The van der Waals surface area contributed by atoms with Gasteiger partial charge in [0.15, 0.2) is 5.78 Å². The molecule has 6 nitrogen and oxygen atoms in total. The SMILES string of the molecule is Cc1cc(C(=O)Cn2nnc(-c3ccccc3)n2)c(C)n1C. The van der Waals surface area contributed by atoms with Crippen LogP contribution in [0.4, 0.5) is 0 Å². The highest BCUT2D eigenvalue weighted by Gasteiger charge is 2.16. The molecule has 0 amide bonds. The molecule has 0 unspecified atom stereocenters. The summed E-state index contributed by atoms with van der Waals surface area (Å²) in [7, 11) is 1.95. The summed E-state index contributed by atoms with van der Waals surface area (Å²) in [5, 5.41) is 12.2. The Morgan fingerprint density at radius 1 is 1.18 bits per heavy atom. The third-order valence-electron chi connectivity index (χ3n) is 3.85. The Morgan fingerprint density at radius 2 is 1.91 bits per heavy atom. The Kier molecular flexibility index (Phi) is 3.58. The first-order valence-electron chi connectivity index (χ1n) is 7.05. The zero-order valence-electron chi connectivity index (χ0n) is 12.8. The van der Waals surface area contributed by atoms with E-state index in [1.165, 1.54) is 4.80 Å². The lowest BCUT2D eigenvalue weighted by Crippen LogP contribution is -2.14. The summed E-state index contributed by atoms with van der Waals surface area (Å²) in [6.07, 6.45) is 0. The predicted molar refractivity (Wildman–Crippen MR) is 82.5 cm³/mol. The van der Waals surface area contributed by atoms with Crippen LogP contribution in [0.2, 0.25) is 0 Å². The van der Waals surface area contributed by atoms with Crippen molar-refractivity contribution in [1.29, 1.82) is 0 Å². The smallest absolute Gasteiger partial charge is 0.204 e. The van der Waals surface area contributed by atoms with E-state index in [4.69, 9.17) is 0 Å². The lowest BCUT2D eigenvalue weighted by atomic mass is 10.1. The van der Waals surface area contributed by atoms with E-state index < -0.39 is 0 Å². The highest BCUT2D eigenvalue weighted by molar-refractivity contribution is 5.97. The highest BCUT2D eigenvalue weighted by atomic mass is 16.1. The van der Waals surface area contributed by atoms with Crippen LogP contribution in [0.1, 0.15) is 21.7 Å². The minimum absolute atomic E-state index is 0.0155. The molecule has 0 bridgehead atoms. The Morgan fingerprint density at radius 3 is 2.55 bits per heavy atom. The second-order valence-corrected chi connectivity index (χ2v) is 5.28. The molecule has 1 aromatic carbocycles. The molecule has 0 aliphatic heterocycles.